The third kappa shape index (κ3) is 2.68. The largest absolute Gasteiger partial charge is 0.393 e. The Morgan fingerprint density at radius 2 is 1.87 bits per heavy atom. The zero-order valence-corrected chi connectivity index (χ0v) is 19.2. The number of aliphatic hydroxyl groups excluding tert-OH is 1. The predicted octanol–water partition coefficient (Wildman–Crippen LogP) is 4.92. The SMILES string of the molecule is Cc1nn(C)c(C)c1/C=C1\C[C@@H]2[C@H]3CC=C4C[C@@H](O)CC[C@]4(C)[C@@H]3CC[C@]2(C)C1=O. The average molecular weight is 409 g/mol. The zero-order valence-electron chi connectivity index (χ0n) is 19.2. The van der Waals surface area contributed by atoms with Crippen molar-refractivity contribution in [3.05, 3.63) is 34.2 Å². The lowest BCUT2D eigenvalue weighted by atomic mass is 9.48. The minimum Gasteiger partial charge on any atom is -0.393 e. The molecule has 0 saturated heterocycles. The number of aromatic nitrogens is 2. The van der Waals surface area contributed by atoms with Gasteiger partial charge >= 0.3 is 0 Å². The third-order valence-corrected chi connectivity index (χ3v) is 9.60. The van der Waals surface area contributed by atoms with Gasteiger partial charge in [0.05, 0.1) is 11.8 Å². The first-order valence-electron chi connectivity index (χ1n) is 11.8. The molecule has 30 heavy (non-hydrogen) atoms. The second-order valence-corrected chi connectivity index (χ2v) is 11.0. The third-order valence-electron chi connectivity index (χ3n) is 9.60. The minimum atomic E-state index is -0.215. The highest BCUT2D eigenvalue weighted by Crippen LogP contribution is 2.64. The highest BCUT2D eigenvalue weighted by molar-refractivity contribution is 6.06. The summed E-state index contributed by atoms with van der Waals surface area (Å²) in [5, 5.41) is 14.8. The number of fused-ring (bicyclic) bond motifs is 5. The maximum atomic E-state index is 13.6. The standard InChI is InChI=1S/C26H36N2O2/c1-15-21(16(2)28(5)27-15)12-17-13-23-20-7-6-18-14-19(29)8-10-25(18,3)22(20)9-11-26(23,4)24(17)30/h6,12,19-20,22-23,29H,7-11,13-14H2,1-5H3/b17-12+/t19-,20-,22+,23+,25-,26-/m0/s1. The smallest absolute Gasteiger partial charge is 0.165 e. The molecule has 0 bridgehead atoms. The highest BCUT2D eigenvalue weighted by Gasteiger charge is 2.59. The van der Waals surface area contributed by atoms with Crippen molar-refractivity contribution in [3.63, 3.8) is 0 Å². The van der Waals surface area contributed by atoms with Gasteiger partial charge in [0.2, 0.25) is 0 Å². The van der Waals surface area contributed by atoms with E-state index in [1.165, 1.54) is 5.57 Å². The fourth-order valence-corrected chi connectivity index (χ4v) is 7.61. The Balaban J connectivity index is 1.50. The molecule has 5 rings (SSSR count). The summed E-state index contributed by atoms with van der Waals surface area (Å²) in [6.45, 7) is 8.81. The van der Waals surface area contributed by atoms with Crippen LogP contribution in [0.3, 0.4) is 0 Å². The van der Waals surface area contributed by atoms with Gasteiger partial charge in [0.25, 0.3) is 0 Å². The minimum absolute atomic E-state index is 0.164. The van der Waals surface area contributed by atoms with Crippen LogP contribution < -0.4 is 0 Å². The van der Waals surface area contributed by atoms with Gasteiger partial charge in [-0.15, -0.1) is 0 Å². The van der Waals surface area contributed by atoms with Gasteiger partial charge < -0.3 is 5.11 Å². The maximum Gasteiger partial charge on any atom is 0.165 e. The number of carbonyl (C=O) groups is 1. The molecule has 1 heterocycles. The van der Waals surface area contributed by atoms with Crippen molar-refractivity contribution in [2.24, 2.45) is 35.6 Å². The van der Waals surface area contributed by atoms with Crippen LogP contribution in [0.2, 0.25) is 0 Å². The molecule has 1 aromatic heterocycles. The van der Waals surface area contributed by atoms with Gasteiger partial charge in [0.1, 0.15) is 0 Å². The molecule has 0 unspecified atom stereocenters. The molecule has 3 saturated carbocycles. The van der Waals surface area contributed by atoms with Crippen molar-refractivity contribution in [1.82, 2.24) is 9.78 Å². The summed E-state index contributed by atoms with van der Waals surface area (Å²) in [4.78, 5) is 13.6. The zero-order chi connectivity index (χ0) is 21.4. The van der Waals surface area contributed by atoms with Gasteiger partial charge in [0, 0.05) is 23.7 Å². The summed E-state index contributed by atoms with van der Waals surface area (Å²) in [5.74, 6) is 2.05. The lowest BCUT2D eigenvalue weighted by Gasteiger charge is -2.56. The molecule has 1 aromatic rings. The molecular weight excluding hydrogens is 372 g/mol. The molecule has 0 radical (unpaired) electrons. The fourth-order valence-electron chi connectivity index (χ4n) is 7.61. The van der Waals surface area contributed by atoms with E-state index in [9.17, 15) is 9.90 Å². The fraction of sp³-hybridized carbons (Fsp3) is 0.692. The molecule has 1 N–H and O–H groups in total. The van der Waals surface area contributed by atoms with Gasteiger partial charge in [-0.25, -0.2) is 0 Å². The Morgan fingerprint density at radius 3 is 2.57 bits per heavy atom. The molecule has 0 aliphatic heterocycles. The van der Waals surface area contributed by atoms with Crippen molar-refractivity contribution in [1.29, 1.82) is 0 Å². The van der Waals surface area contributed by atoms with Gasteiger partial charge in [-0.2, -0.15) is 5.10 Å². The molecule has 0 spiro atoms. The van der Waals surface area contributed by atoms with Crippen molar-refractivity contribution < 1.29 is 9.90 Å². The summed E-state index contributed by atoms with van der Waals surface area (Å²) in [5.41, 5.74) is 5.77. The van der Waals surface area contributed by atoms with Crippen LogP contribution in [0.5, 0.6) is 0 Å². The van der Waals surface area contributed by atoms with Crippen LogP contribution in [0.1, 0.15) is 75.7 Å². The van der Waals surface area contributed by atoms with Crippen LogP contribution in [0.4, 0.5) is 0 Å². The topological polar surface area (TPSA) is 55.1 Å². The van der Waals surface area contributed by atoms with Crippen LogP contribution in [-0.4, -0.2) is 26.8 Å². The number of nitrogens with zero attached hydrogens (tertiary/aromatic N) is 2. The van der Waals surface area contributed by atoms with E-state index in [1.54, 1.807) is 0 Å². The second kappa shape index (κ2) is 6.66. The molecule has 4 heteroatoms. The first kappa shape index (κ1) is 20.2. The number of hydrogen-bond acceptors (Lipinski definition) is 3. The Kier molecular flexibility index (Phi) is 4.49. The van der Waals surface area contributed by atoms with Gasteiger partial charge in [-0.05, 0) is 93.6 Å². The quantitative estimate of drug-likeness (QED) is 0.530. The van der Waals surface area contributed by atoms with Gasteiger partial charge in [-0.3, -0.25) is 9.48 Å². The van der Waals surface area contributed by atoms with E-state index < -0.39 is 0 Å². The number of Topliss-reactive ketones (excluding diaryl/α,β-unsaturated/α-hetero) is 1. The normalized spacial score (nSPS) is 42.0. The van der Waals surface area contributed by atoms with E-state index in [1.807, 2.05) is 18.7 Å². The van der Waals surface area contributed by atoms with Crippen LogP contribution >= 0.6 is 0 Å². The Bertz CT molecular complexity index is 970. The Morgan fingerprint density at radius 1 is 1.13 bits per heavy atom. The van der Waals surface area contributed by atoms with Crippen LogP contribution in [0.25, 0.3) is 6.08 Å². The molecule has 0 amide bonds. The Hall–Kier alpha value is -1.68. The summed E-state index contributed by atoms with van der Waals surface area (Å²) >= 11 is 0. The lowest BCUT2D eigenvalue weighted by Crippen LogP contribution is -2.50. The van der Waals surface area contributed by atoms with Gasteiger partial charge in [0.15, 0.2) is 5.78 Å². The monoisotopic (exact) mass is 408 g/mol. The molecule has 4 nitrogen and oxygen atoms in total. The lowest BCUT2D eigenvalue weighted by molar-refractivity contribution is -0.130. The van der Waals surface area contributed by atoms with Crippen molar-refractivity contribution >= 4 is 11.9 Å². The van der Waals surface area contributed by atoms with E-state index in [2.05, 4.69) is 38.0 Å². The average Bonchev–Trinajstić information content (AvgIpc) is 3.10. The summed E-state index contributed by atoms with van der Waals surface area (Å²) < 4.78 is 1.91. The predicted molar refractivity (Wildman–Crippen MR) is 119 cm³/mol. The first-order valence-corrected chi connectivity index (χ1v) is 11.8. The number of rotatable bonds is 1. The number of aliphatic hydroxyl groups is 1. The van der Waals surface area contributed by atoms with E-state index >= 15 is 0 Å². The number of carbonyl (C=O) groups excluding carboxylic acids is 1. The van der Waals surface area contributed by atoms with Crippen LogP contribution in [-0.2, 0) is 11.8 Å². The first-order chi connectivity index (χ1) is 14.1. The van der Waals surface area contributed by atoms with Crippen LogP contribution in [0, 0.1) is 42.4 Å². The molecule has 3 fully saturated rings. The number of hydrogen-bond donors (Lipinski definition) is 1. The second-order valence-electron chi connectivity index (χ2n) is 11.0. The maximum absolute atomic E-state index is 13.6. The van der Waals surface area contributed by atoms with Crippen molar-refractivity contribution in [2.75, 3.05) is 0 Å². The highest BCUT2D eigenvalue weighted by atomic mass is 16.3. The molecule has 6 atom stereocenters. The molecular formula is C26H36N2O2. The number of aryl methyl sites for hydroxylation is 2. The number of ketones is 1. The van der Waals surface area contributed by atoms with E-state index in [4.69, 9.17) is 0 Å². The number of allylic oxidation sites excluding steroid dienone is 2. The Labute approximate surface area is 180 Å². The summed E-state index contributed by atoms with van der Waals surface area (Å²) in [6, 6.07) is 0. The summed E-state index contributed by atoms with van der Waals surface area (Å²) in [7, 11) is 1.97. The van der Waals surface area contributed by atoms with E-state index in [-0.39, 0.29) is 16.9 Å². The molecule has 4 aliphatic rings. The molecule has 0 aromatic carbocycles. The van der Waals surface area contributed by atoms with Crippen molar-refractivity contribution in [2.45, 2.75) is 78.7 Å². The molecule has 4 aliphatic carbocycles. The summed E-state index contributed by atoms with van der Waals surface area (Å²) in [6.07, 6.45) is 11.4. The molecule has 162 valence electrons. The van der Waals surface area contributed by atoms with Crippen molar-refractivity contribution in [3.8, 4) is 0 Å². The van der Waals surface area contributed by atoms with E-state index in [0.717, 1.165) is 67.5 Å². The van der Waals surface area contributed by atoms with Gasteiger partial charge in [-0.1, -0.05) is 25.5 Å². The van der Waals surface area contributed by atoms with Crippen LogP contribution in [0.15, 0.2) is 17.2 Å². The van der Waals surface area contributed by atoms with E-state index in [0.29, 0.717) is 23.5 Å².